The highest BCUT2D eigenvalue weighted by molar-refractivity contribution is 8.15. The summed E-state index contributed by atoms with van der Waals surface area (Å²) in [5.41, 5.74) is 3.72. The maximum atomic E-state index is 15.3. The van der Waals surface area contributed by atoms with Crippen molar-refractivity contribution in [3.05, 3.63) is 41.7 Å². The van der Waals surface area contributed by atoms with Crippen molar-refractivity contribution in [3.8, 4) is 0 Å². The molecule has 0 spiro atoms. The number of aliphatic imine (C=N–C) groups is 1. The molecule has 1 aliphatic carbocycles. The molecule has 8 nitrogen and oxygen atoms in total. The van der Waals surface area contributed by atoms with Gasteiger partial charge in [-0.15, -0.1) is 0 Å². The van der Waals surface area contributed by atoms with Gasteiger partial charge in [-0.1, -0.05) is 37.5 Å². The van der Waals surface area contributed by atoms with Crippen LogP contribution in [0.5, 0.6) is 0 Å². The molecule has 1 unspecified atom stereocenters. The lowest BCUT2D eigenvalue weighted by Gasteiger charge is -2.38. The molecule has 12 heteroatoms. The number of nitrogens with two attached hydrogens (primary N) is 1. The Morgan fingerprint density at radius 1 is 1.30 bits per heavy atom. The van der Waals surface area contributed by atoms with E-state index in [0.717, 1.165) is 6.04 Å². The third kappa shape index (κ3) is 7.64. The van der Waals surface area contributed by atoms with Gasteiger partial charge < -0.3 is 19.9 Å². The van der Waals surface area contributed by atoms with Gasteiger partial charge in [-0.2, -0.15) is 0 Å². The average molecular weight is 598 g/mol. The van der Waals surface area contributed by atoms with E-state index < -0.39 is 54.4 Å². The summed E-state index contributed by atoms with van der Waals surface area (Å²) >= 11 is 1.21. The third-order valence-electron chi connectivity index (χ3n) is 6.62. The number of benzene rings is 1. The first-order chi connectivity index (χ1) is 18.6. The number of nitrogens with zero attached hydrogens (tertiary/aromatic N) is 2. The molecule has 3 rings (SSSR count). The summed E-state index contributed by atoms with van der Waals surface area (Å²) in [6, 6.07) is 4.83. The van der Waals surface area contributed by atoms with Crippen molar-refractivity contribution in [2.75, 3.05) is 32.4 Å². The quantitative estimate of drug-likeness (QED) is 0.0868. The molecule has 1 amide bonds. The van der Waals surface area contributed by atoms with Crippen LogP contribution in [0.2, 0.25) is 25.7 Å². The van der Waals surface area contributed by atoms with Gasteiger partial charge in [0.1, 0.15) is 30.4 Å². The molecule has 1 fully saturated rings. The lowest BCUT2D eigenvalue weighted by molar-refractivity contribution is -0.137. The lowest BCUT2D eigenvalue weighted by Crippen LogP contribution is -2.46. The number of alkyl halides is 1. The number of carbonyl (C=O) groups excluding carboxylic acids is 2. The maximum Gasteiger partial charge on any atom is 0.418 e. The Kier molecular flexibility index (Phi) is 9.78. The lowest BCUT2D eigenvalue weighted by atomic mass is 9.84. The smallest absolute Gasteiger partial charge is 0.418 e. The Balaban J connectivity index is 2.10. The van der Waals surface area contributed by atoms with Crippen molar-refractivity contribution in [1.29, 1.82) is 0 Å². The van der Waals surface area contributed by atoms with Crippen molar-refractivity contribution in [2.24, 2.45) is 10.9 Å². The molecule has 222 valence electrons. The molecule has 40 heavy (non-hydrogen) atoms. The number of anilines is 1. The predicted molar refractivity (Wildman–Crippen MR) is 157 cm³/mol. The van der Waals surface area contributed by atoms with Gasteiger partial charge in [0.05, 0.1) is 6.61 Å². The van der Waals surface area contributed by atoms with E-state index in [1.54, 1.807) is 33.8 Å². The van der Waals surface area contributed by atoms with Crippen molar-refractivity contribution in [3.63, 3.8) is 0 Å². The number of hydrogen-bond donors (Lipinski definition) is 1. The van der Waals surface area contributed by atoms with Crippen LogP contribution in [0, 0.1) is 11.7 Å². The van der Waals surface area contributed by atoms with E-state index in [2.05, 4.69) is 19.6 Å². The predicted octanol–water partition coefficient (Wildman–Crippen LogP) is 6.10. The van der Waals surface area contributed by atoms with Gasteiger partial charge in [-0.25, -0.2) is 28.3 Å². The van der Waals surface area contributed by atoms with Gasteiger partial charge in [0.25, 0.3) is 0 Å². The molecule has 0 bridgehead atoms. The standard InChI is InChI=1S/C28H41F2N3O5SSi/c1-8-37-23(34)11-12-27-16-22(27)28(17-29,20-15-19(31)9-10-21(20)30)32-24(39-27)33(25(35)38-26(2,3)4)18-36-13-14-40(5,6)7/h9-12,15,22H,8,13-14,16-18,31H2,1-7H3/b12-11+/t22?,27-,28+/m0/s1. The van der Waals surface area contributed by atoms with Crippen molar-refractivity contribution in [1.82, 2.24) is 4.90 Å². The van der Waals surface area contributed by atoms with Crippen LogP contribution in [0.25, 0.3) is 0 Å². The number of esters is 1. The number of amides is 1. The molecule has 3 atom stereocenters. The second-order valence-corrected chi connectivity index (χ2v) is 19.3. The van der Waals surface area contributed by atoms with Gasteiger partial charge in [0.15, 0.2) is 5.17 Å². The fraction of sp³-hybridized carbons (Fsp3) is 0.607. The van der Waals surface area contributed by atoms with Crippen LogP contribution in [0.4, 0.5) is 19.3 Å². The van der Waals surface area contributed by atoms with Crippen molar-refractivity contribution >= 4 is 42.8 Å². The SMILES string of the molecule is CCOC(=O)/C=C/[C@]12CC1[C@@](CF)(c1cc(N)ccc1F)N=C(N(COCC[Si](C)(C)C)C(=O)OC(C)(C)C)S2. The zero-order valence-corrected chi connectivity index (χ0v) is 26.2. The Morgan fingerprint density at radius 2 is 2.00 bits per heavy atom. The minimum absolute atomic E-state index is 0.00648. The highest BCUT2D eigenvalue weighted by atomic mass is 32.2. The number of thioether (sulfide) groups is 1. The van der Waals surface area contributed by atoms with Crippen LogP contribution in [0.3, 0.4) is 0 Å². The Morgan fingerprint density at radius 3 is 2.60 bits per heavy atom. The Hall–Kier alpha value is -2.44. The zero-order chi connectivity index (χ0) is 29.9. The van der Waals surface area contributed by atoms with Gasteiger partial charge in [-0.3, -0.25) is 0 Å². The van der Waals surface area contributed by atoms with Crippen molar-refractivity contribution in [2.45, 2.75) is 75.7 Å². The number of nitrogen functional groups attached to an aromatic ring is 1. The molecule has 2 aliphatic rings. The number of fused-ring (bicyclic) bond motifs is 1. The van der Waals surface area contributed by atoms with E-state index in [1.807, 2.05) is 0 Å². The fourth-order valence-electron chi connectivity index (χ4n) is 4.48. The summed E-state index contributed by atoms with van der Waals surface area (Å²) in [7, 11) is -1.41. The van der Waals surface area contributed by atoms with E-state index in [-0.39, 0.29) is 29.8 Å². The number of ether oxygens (including phenoxy) is 3. The molecule has 1 aliphatic heterocycles. The van der Waals surface area contributed by atoms with Crippen molar-refractivity contribution < 1.29 is 32.6 Å². The van der Waals surface area contributed by atoms with E-state index in [4.69, 9.17) is 24.9 Å². The van der Waals surface area contributed by atoms with Crippen LogP contribution in [-0.2, 0) is 24.5 Å². The highest BCUT2D eigenvalue weighted by Crippen LogP contribution is 2.67. The first-order valence-electron chi connectivity index (χ1n) is 13.4. The maximum absolute atomic E-state index is 15.3. The van der Waals surface area contributed by atoms with Crippen LogP contribution in [0.1, 0.15) is 39.7 Å². The van der Waals surface area contributed by atoms with Crippen LogP contribution >= 0.6 is 11.8 Å². The molecule has 0 aromatic heterocycles. The number of rotatable bonds is 10. The summed E-state index contributed by atoms with van der Waals surface area (Å²) in [5.74, 6) is -1.71. The topological polar surface area (TPSA) is 103 Å². The molecule has 2 N–H and O–H groups in total. The van der Waals surface area contributed by atoms with Gasteiger partial charge in [0.2, 0.25) is 0 Å². The molecular formula is C28H41F2N3O5SSi. The number of amidine groups is 1. The van der Waals surface area contributed by atoms with E-state index in [1.165, 1.54) is 40.9 Å². The molecule has 0 saturated heterocycles. The number of carbonyl (C=O) groups is 2. The van der Waals surface area contributed by atoms with E-state index >= 15 is 8.78 Å². The average Bonchev–Trinajstić information content (AvgIpc) is 3.57. The number of halogens is 2. The summed E-state index contributed by atoms with van der Waals surface area (Å²) in [4.78, 5) is 31.6. The molecule has 1 aromatic rings. The normalized spacial score (nSPS) is 24.3. The minimum Gasteiger partial charge on any atom is -0.463 e. The Labute approximate surface area is 240 Å². The largest absolute Gasteiger partial charge is 0.463 e. The summed E-state index contributed by atoms with van der Waals surface area (Å²) in [6.07, 6.45) is 2.59. The molecule has 1 saturated carbocycles. The van der Waals surface area contributed by atoms with Crippen LogP contribution in [0.15, 0.2) is 35.3 Å². The summed E-state index contributed by atoms with van der Waals surface area (Å²) in [5, 5.41) is 0.115. The van der Waals surface area contributed by atoms with Gasteiger partial charge in [0, 0.05) is 42.7 Å². The fourth-order valence-corrected chi connectivity index (χ4v) is 6.74. The molecular weight excluding hydrogens is 556 g/mol. The first kappa shape index (κ1) is 32.1. The summed E-state index contributed by atoms with van der Waals surface area (Å²) in [6.45, 7) is 12.9. The molecule has 1 aromatic carbocycles. The second kappa shape index (κ2) is 12.2. The zero-order valence-electron chi connectivity index (χ0n) is 24.4. The van der Waals surface area contributed by atoms with Crippen LogP contribution < -0.4 is 5.73 Å². The van der Waals surface area contributed by atoms with Gasteiger partial charge in [-0.05, 0) is 58.4 Å². The highest BCUT2D eigenvalue weighted by Gasteiger charge is 2.68. The molecule has 0 radical (unpaired) electrons. The number of hydrogen-bond acceptors (Lipinski definition) is 8. The first-order valence-corrected chi connectivity index (χ1v) is 17.9. The summed E-state index contributed by atoms with van der Waals surface area (Å²) < 4.78 is 46.3. The molecule has 1 heterocycles. The van der Waals surface area contributed by atoms with E-state index in [0.29, 0.717) is 13.0 Å². The van der Waals surface area contributed by atoms with Gasteiger partial charge >= 0.3 is 12.1 Å². The van der Waals surface area contributed by atoms with Crippen LogP contribution in [-0.4, -0.2) is 67.2 Å². The monoisotopic (exact) mass is 597 g/mol. The Bertz CT molecular complexity index is 1170. The third-order valence-corrected chi connectivity index (χ3v) is 9.78. The minimum atomic E-state index is -1.68. The second-order valence-electron chi connectivity index (χ2n) is 12.3. The van der Waals surface area contributed by atoms with E-state index in [9.17, 15) is 9.59 Å².